The van der Waals surface area contributed by atoms with Crippen LogP contribution in [-0.4, -0.2) is 21.3 Å². The molecule has 0 bridgehead atoms. The Labute approximate surface area is 129 Å². The molecule has 0 amide bonds. The van der Waals surface area contributed by atoms with Crippen LogP contribution in [0.1, 0.15) is 16.4 Å². The second-order valence-electron chi connectivity index (χ2n) is 4.93. The second-order valence-corrected chi connectivity index (χ2v) is 6.90. The lowest BCUT2D eigenvalue weighted by Gasteiger charge is -2.10. The van der Waals surface area contributed by atoms with E-state index in [-0.39, 0.29) is 10.7 Å². The fraction of sp³-hybridized carbons (Fsp3) is 0.118. The summed E-state index contributed by atoms with van der Waals surface area (Å²) in [7, 11) is -2.52. The fourth-order valence-electron chi connectivity index (χ4n) is 2.66. The predicted octanol–water partition coefficient (Wildman–Crippen LogP) is 2.74. The number of hydrogen-bond acceptors (Lipinski definition) is 4. The van der Waals surface area contributed by atoms with Crippen molar-refractivity contribution in [2.45, 2.75) is 5.25 Å². The van der Waals surface area contributed by atoms with E-state index in [9.17, 15) is 13.2 Å². The molecule has 1 aliphatic rings. The maximum Gasteiger partial charge on any atom is 0.221 e. The Morgan fingerprint density at radius 3 is 2.00 bits per heavy atom. The van der Waals surface area contributed by atoms with E-state index in [2.05, 4.69) is 0 Å². The summed E-state index contributed by atoms with van der Waals surface area (Å²) in [6.45, 7) is 0. The van der Waals surface area contributed by atoms with Crippen molar-refractivity contribution in [3.8, 4) is 0 Å². The second kappa shape index (κ2) is 5.42. The maximum atomic E-state index is 12.9. The first-order chi connectivity index (χ1) is 10.6. The quantitative estimate of drug-likeness (QED) is 0.874. The Hall–Kier alpha value is -2.40. The molecule has 112 valence electrons. The molecular weight excluding hydrogens is 300 g/mol. The average molecular weight is 314 g/mol. The molecule has 0 aromatic heterocycles. The van der Waals surface area contributed by atoms with E-state index in [0.717, 1.165) is 0 Å². The summed E-state index contributed by atoms with van der Waals surface area (Å²) in [5.41, 5.74) is 0.916. The number of methoxy groups -OCH3 is 1. The zero-order chi connectivity index (χ0) is 15.7. The van der Waals surface area contributed by atoms with Crippen LogP contribution >= 0.6 is 0 Å². The lowest BCUT2D eigenvalue weighted by atomic mass is 10.1. The van der Waals surface area contributed by atoms with Crippen molar-refractivity contribution < 1.29 is 17.9 Å². The number of carbonyl (C=O) groups excluding carboxylic acids is 1. The largest absolute Gasteiger partial charge is 0.492 e. The van der Waals surface area contributed by atoms with E-state index in [4.69, 9.17) is 4.74 Å². The minimum atomic E-state index is -3.84. The summed E-state index contributed by atoms with van der Waals surface area (Å²) in [4.78, 5) is 12.5. The molecule has 2 aromatic rings. The van der Waals surface area contributed by atoms with Gasteiger partial charge in [-0.05, 0) is 11.1 Å². The molecule has 1 aliphatic heterocycles. The van der Waals surface area contributed by atoms with Gasteiger partial charge in [-0.2, -0.15) is 0 Å². The van der Waals surface area contributed by atoms with Crippen molar-refractivity contribution in [3.63, 3.8) is 0 Å². The highest BCUT2D eigenvalue weighted by molar-refractivity contribution is 8.02. The minimum Gasteiger partial charge on any atom is -0.492 e. The third-order valence-corrected chi connectivity index (χ3v) is 5.70. The number of ketones is 1. The molecule has 0 fully saturated rings. The predicted molar refractivity (Wildman–Crippen MR) is 83.5 cm³/mol. The molecule has 1 unspecified atom stereocenters. The van der Waals surface area contributed by atoms with Crippen LogP contribution in [0.2, 0.25) is 0 Å². The molecule has 0 N–H and O–H groups in total. The van der Waals surface area contributed by atoms with E-state index in [1.807, 2.05) is 0 Å². The topological polar surface area (TPSA) is 60.4 Å². The van der Waals surface area contributed by atoms with Crippen LogP contribution in [0.3, 0.4) is 0 Å². The van der Waals surface area contributed by atoms with Crippen molar-refractivity contribution in [1.82, 2.24) is 0 Å². The molecule has 1 heterocycles. The first-order valence-corrected chi connectivity index (χ1v) is 8.28. The van der Waals surface area contributed by atoms with E-state index in [1.165, 1.54) is 7.11 Å². The molecule has 0 aliphatic carbocycles. The number of rotatable bonds is 3. The summed E-state index contributed by atoms with van der Waals surface area (Å²) in [5, 5.41) is -1.24. The van der Waals surface area contributed by atoms with Crippen LogP contribution in [0, 0.1) is 0 Å². The average Bonchev–Trinajstić information content (AvgIpc) is 2.74. The van der Waals surface area contributed by atoms with E-state index in [1.54, 1.807) is 60.7 Å². The molecule has 22 heavy (non-hydrogen) atoms. The molecule has 0 saturated carbocycles. The molecule has 0 saturated heterocycles. The lowest BCUT2D eigenvalue weighted by Crippen LogP contribution is -2.16. The van der Waals surface area contributed by atoms with Crippen molar-refractivity contribution in [2.24, 2.45) is 0 Å². The van der Waals surface area contributed by atoms with Gasteiger partial charge in [0.15, 0.2) is 20.8 Å². The van der Waals surface area contributed by atoms with E-state index >= 15 is 0 Å². The molecule has 4 nitrogen and oxygen atoms in total. The number of carbonyl (C=O) groups is 1. The van der Waals surface area contributed by atoms with Crippen molar-refractivity contribution in [1.29, 1.82) is 0 Å². The molecule has 2 aromatic carbocycles. The Balaban J connectivity index is 2.22. The normalized spacial score (nSPS) is 20.2. The van der Waals surface area contributed by atoms with Gasteiger partial charge < -0.3 is 4.74 Å². The van der Waals surface area contributed by atoms with Crippen LogP contribution in [-0.2, 0) is 19.4 Å². The molecule has 0 radical (unpaired) electrons. The molecule has 1 atom stereocenters. The fourth-order valence-corrected chi connectivity index (χ4v) is 4.70. The summed E-state index contributed by atoms with van der Waals surface area (Å²) < 4.78 is 31.0. The Morgan fingerprint density at radius 2 is 1.45 bits per heavy atom. The van der Waals surface area contributed by atoms with Crippen LogP contribution in [0.4, 0.5) is 0 Å². The summed E-state index contributed by atoms with van der Waals surface area (Å²) in [5.74, 6) is -0.618. The lowest BCUT2D eigenvalue weighted by molar-refractivity contribution is -0.117. The number of allylic oxidation sites excluding steroid dienone is 1. The van der Waals surface area contributed by atoms with E-state index in [0.29, 0.717) is 11.1 Å². The Bertz CT molecular complexity index is 837. The monoisotopic (exact) mass is 314 g/mol. The van der Waals surface area contributed by atoms with Gasteiger partial charge in [-0.25, -0.2) is 8.42 Å². The molecule has 5 heteroatoms. The van der Waals surface area contributed by atoms with Gasteiger partial charge in [0.25, 0.3) is 0 Å². The van der Waals surface area contributed by atoms with Gasteiger partial charge in [-0.3, -0.25) is 4.79 Å². The smallest absolute Gasteiger partial charge is 0.221 e. The number of benzene rings is 2. The van der Waals surface area contributed by atoms with Crippen LogP contribution in [0.15, 0.2) is 66.4 Å². The summed E-state index contributed by atoms with van der Waals surface area (Å²) in [6.07, 6.45) is 0. The first-order valence-electron chi connectivity index (χ1n) is 6.74. The van der Waals surface area contributed by atoms with Gasteiger partial charge >= 0.3 is 0 Å². The van der Waals surface area contributed by atoms with Gasteiger partial charge in [-0.1, -0.05) is 60.7 Å². The van der Waals surface area contributed by atoms with Gasteiger partial charge in [0.2, 0.25) is 5.78 Å². The van der Waals surface area contributed by atoms with Crippen LogP contribution in [0.5, 0.6) is 0 Å². The maximum absolute atomic E-state index is 12.9. The number of ether oxygens (including phenoxy) is 1. The van der Waals surface area contributed by atoms with Crippen molar-refractivity contribution in [3.05, 3.63) is 77.5 Å². The zero-order valence-corrected chi connectivity index (χ0v) is 12.7. The molecule has 0 spiro atoms. The van der Waals surface area contributed by atoms with Gasteiger partial charge in [0, 0.05) is 0 Å². The zero-order valence-electron chi connectivity index (χ0n) is 11.9. The van der Waals surface area contributed by atoms with E-state index < -0.39 is 20.9 Å². The Kier molecular flexibility index (Phi) is 3.58. The molecular formula is C17H14O4S. The van der Waals surface area contributed by atoms with Crippen LogP contribution in [0.25, 0.3) is 4.91 Å². The number of hydrogen-bond donors (Lipinski definition) is 0. The third kappa shape index (κ3) is 2.14. The van der Waals surface area contributed by atoms with Crippen LogP contribution < -0.4 is 0 Å². The number of Topliss-reactive ketones (excluding diaryl/α,β-unsaturated/α-hetero) is 1. The minimum absolute atomic E-state index is 0.0329. The summed E-state index contributed by atoms with van der Waals surface area (Å²) >= 11 is 0. The van der Waals surface area contributed by atoms with Gasteiger partial charge in [0.1, 0.15) is 4.91 Å². The highest BCUT2D eigenvalue weighted by Gasteiger charge is 2.48. The SMILES string of the molecule is COC1=C(c2ccccc2)S(=O)(=O)C(c2ccccc2)C1=O. The third-order valence-electron chi connectivity index (χ3n) is 3.61. The van der Waals surface area contributed by atoms with Crippen molar-refractivity contribution >= 4 is 20.5 Å². The van der Waals surface area contributed by atoms with Gasteiger partial charge in [-0.15, -0.1) is 0 Å². The summed E-state index contributed by atoms with van der Waals surface area (Å²) in [6, 6.07) is 17.0. The first kappa shape index (κ1) is 14.5. The van der Waals surface area contributed by atoms with Crippen molar-refractivity contribution in [2.75, 3.05) is 7.11 Å². The standard InChI is InChI=1S/C17H14O4S/c1-21-15-14(18)16(12-8-4-2-5-9-12)22(19,20)17(15)13-10-6-3-7-11-13/h2-11,16H,1H3. The number of sulfone groups is 1. The molecule has 3 rings (SSSR count). The highest BCUT2D eigenvalue weighted by Crippen LogP contribution is 2.44. The highest BCUT2D eigenvalue weighted by atomic mass is 32.2. The Morgan fingerprint density at radius 1 is 0.909 bits per heavy atom. The van der Waals surface area contributed by atoms with Gasteiger partial charge in [0.05, 0.1) is 7.11 Å².